The minimum Gasteiger partial charge on any atom is -0.497 e. The van der Waals surface area contributed by atoms with Gasteiger partial charge >= 0.3 is 5.69 Å². The molecular formula is C22H25N3O3. The summed E-state index contributed by atoms with van der Waals surface area (Å²) >= 11 is 0. The van der Waals surface area contributed by atoms with Crippen LogP contribution in [-0.4, -0.2) is 33.6 Å². The van der Waals surface area contributed by atoms with Gasteiger partial charge in [-0.15, -0.1) is 0 Å². The maximum Gasteiger partial charge on any atom is 0.329 e. The number of aromatic nitrogens is 2. The number of methoxy groups -OCH3 is 1. The molecule has 0 saturated carbocycles. The second-order valence-corrected chi connectivity index (χ2v) is 7.12. The summed E-state index contributed by atoms with van der Waals surface area (Å²) in [6.07, 6.45) is 1.88. The van der Waals surface area contributed by atoms with Gasteiger partial charge in [0.25, 0.3) is 0 Å². The second-order valence-electron chi connectivity index (χ2n) is 7.12. The van der Waals surface area contributed by atoms with Gasteiger partial charge in [0, 0.05) is 13.1 Å². The number of carbonyl (C=O) groups excluding carboxylic acids is 1. The van der Waals surface area contributed by atoms with Gasteiger partial charge in [0.05, 0.1) is 24.2 Å². The van der Waals surface area contributed by atoms with E-state index in [1.807, 2.05) is 60.4 Å². The molecule has 0 radical (unpaired) electrons. The summed E-state index contributed by atoms with van der Waals surface area (Å²) < 4.78 is 8.65. The minimum absolute atomic E-state index is 0.0218. The van der Waals surface area contributed by atoms with Crippen LogP contribution in [0.2, 0.25) is 0 Å². The van der Waals surface area contributed by atoms with Gasteiger partial charge in [-0.05, 0) is 49.6 Å². The predicted octanol–water partition coefficient (Wildman–Crippen LogP) is 3.20. The Kier molecular flexibility index (Phi) is 4.94. The molecular weight excluding hydrogens is 354 g/mol. The largest absolute Gasteiger partial charge is 0.497 e. The van der Waals surface area contributed by atoms with Crippen molar-refractivity contribution < 1.29 is 9.53 Å². The lowest BCUT2D eigenvalue weighted by molar-refractivity contribution is -0.132. The number of nitrogens with zero attached hydrogens (tertiary/aromatic N) is 3. The third kappa shape index (κ3) is 3.09. The van der Waals surface area contributed by atoms with Crippen molar-refractivity contribution in [1.29, 1.82) is 0 Å². The van der Waals surface area contributed by atoms with Crippen LogP contribution in [0.25, 0.3) is 11.0 Å². The number of hydrogen-bond donors (Lipinski definition) is 0. The first-order valence-electron chi connectivity index (χ1n) is 9.75. The van der Waals surface area contributed by atoms with E-state index in [4.69, 9.17) is 4.74 Å². The minimum atomic E-state index is -0.130. The van der Waals surface area contributed by atoms with Crippen molar-refractivity contribution in [3.8, 4) is 5.75 Å². The first-order chi connectivity index (χ1) is 13.6. The number of hydrogen-bond acceptors (Lipinski definition) is 3. The summed E-state index contributed by atoms with van der Waals surface area (Å²) in [5.41, 5.74) is 2.62. The van der Waals surface area contributed by atoms with Gasteiger partial charge in [0.1, 0.15) is 12.3 Å². The van der Waals surface area contributed by atoms with E-state index in [1.54, 1.807) is 16.2 Å². The lowest BCUT2D eigenvalue weighted by Gasteiger charge is -2.25. The predicted molar refractivity (Wildman–Crippen MR) is 109 cm³/mol. The molecule has 146 valence electrons. The number of fused-ring (bicyclic) bond motifs is 1. The van der Waals surface area contributed by atoms with Crippen molar-refractivity contribution in [3.05, 3.63) is 64.6 Å². The molecule has 1 atom stereocenters. The Morgan fingerprint density at radius 2 is 1.86 bits per heavy atom. The van der Waals surface area contributed by atoms with Crippen molar-refractivity contribution in [2.24, 2.45) is 0 Å². The molecule has 1 fully saturated rings. The molecule has 3 aromatic rings. The monoisotopic (exact) mass is 379 g/mol. The number of carbonyl (C=O) groups is 1. The van der Waals surface area contributed by atoms with E-state index in [1.165, 1.54) is 0 Å². The van der Waals surface area contributed by atoms with Crippen LogP contribution in [0, 0.1) is 0 Å². The maximum atomic E-state index is 13.2. The van der Waals surface area contributed by atoms with E-state index in [0.29, 0.717) is 13.1 Å². The highest BCUT2D eigenvalue weighted by atomic mass is 16.5. The quantitative estimate of drug-likeness (QED) is 0.684. The van der Waals surface area contributed by atoms with Gasteiger partial charge in [-0.2, -0.15) is 0 Å². The molecule has 4 rings (SSSR count). The molecule has 0 N–H and O–H groups in total. The number of para-hydroxylation sites is 2. The molecule has 28 heavy (non-hydrogen) atoms. The maximum absolute atomic E-state index is 13.2. The van der Waals surface area contributed by atoms with E-state index < -0.39 is 0 Å². The third-order valence-corrected chi connectivity index (χ3v) is 5.59. The van der Waals surface area contributed by atoms with Crippen LogP contribution in [0.1, 0.15) is 31.4 Å². The lowest BCUT2D eigenvalue weighted by atomic mass is 10.0. The van der Waals surface area contributed by atoms with Gasteiger partial charge in [-0.25, -0.2) is 4.79 Å². The zero-order valence-corrected chi connectivity index (χ0v) is 16.3. The number of amides is 1. The van der Waals surface area contributed by atoms with Crippen molar-refractivity contribution >= 4 is 16.9 Å². The normalized spacial score (nSPS) is 16.6. The fourth-order valence-electron chi connectivity index (χ4n) is 4.22. The molecule has 0 spiro atoms. The van der Waals surface area contributed by atoms with Gasteiger partial charge in [0.2, 0.25) is 5.91 Å². The average molecular weight is 379 g/mol. The molecule has 6 nitrogen and oxygen atoms in total. The molecule has 1 aliphatic rings. The van der Waals surface area contributed by atoms with Crippen LogP contribution in [0.15, 0.2) is 53.3 Å². The van der Waals surface area contributed by atoms with E-state index in [0.717, 1.165) is 35.2 Å². The molecule has 0 aliphatic carbocycles. The molecule has 6 heteroatoms. The van der Waals surface area contributed by atoms with Gasteiger partial charge < -0.3 is 9.64 Å². The molecule has 1 saturated heterocycles. The number of ether oxygens (including phenoxy) is 1. The molecule has 1 unspecified atom stereocenters. The highest BCUT2D eigenvalue weighted by Crippen LogP contribution is 2.33. The molecule has 0 bridgehead atoms. The SMILES string of the molecule is CCn1c(=O)n(CC(=O)N2CCCC2c2cccc(OC)c2)c2ccccc21. The van der Waals surface area contributed by atoms with Crippen LogP contribution in [0.3, 0.4) is 0 Å². The zero-order valence-electron chi connectivity index (χ0n) is 16.3. The molecule has 2 aromatic carbocycles. The van der Waals surface area contributed by atoms with Crippen molar-refractivity contribution in [1.82, 2.24) is 14.0 Å². The number of likely N-dealkylation sites (tertiary alicyclic amines) is 1. The van der Waals surface area contributed by atoms with Crippen molar-refractivity contribution in [3.63, 3.8) is 0 Å². The fourth-order valence-corrected chi connectivity index (χ4v) is 4.22. The number of rotatable bonds is 5. The van der Waals surface area contributed by atoms with Gasteiger partial charge in [-0.1, -0.05) is 24.3 Å². The highest BCUT2D eigenvalue weighted by molar-refractivity contribution is 5.81. The summed E-state index contributed by atoms with van der Waals surface area (Å²) in [5.74, 6) is 0.769. The van der Waals surface area contributed by atoms with Crippen LogP contribution >= 0.6 is 0 Å². The smallest absolute Gasteiger partial charge is 0.329 e. The number of aryl methyl sites for hydroxylation is 1. The Bertz CT molecular complexity index is 1070. The lowest BCUT2D eigenvalue weighted by Crippen LogP contribution is -2.36. The summed E-state index contributed by atoms with van der Waals surface area (Å²) in [4.78, 5) is 27.9. The Morgan fingerprint density at radius 3 is 2.57 bits per heavy atom. The fraction of sp³-hybridized carbons (Fsp3) is 0.364. The van der Waals surface area contributed by atoms with E-state index in [2.05, 4.69) is 0 Å². The molecule has 1 amide bonds. The summed E-state index contributed by atoms with van der Waals surface area (Å²) in [6.45, 7) is 3.30. The molecule has 2 heterocycles. The summed E-state index contributed by atoms with van der Waals surface area (Å²) in [6, 6.07) is 15.6. The molecule has 1 aromatic heterocycles. The van der Waals surface area contributed by atoms with Crippen molar-refractivity contribution in [2.75, 3.05) is 13.7 Å². The number of benzene rings is 2. The standard InChI is InChI=1S/C22H25N3O3/c1-3-23-19-10-4-5-11-20(19)25(22(23)27)15-21(26)24-13-7-12-18(24)16-8-6-9-17(14-16)28-2/h4-6,8-11,14,18H,3,7,12-13,15H2,1-2H3. The van der Waals surface area contributed by atoms with Crippen molar-refractivity contribution in [2.45, 2.75) is 38.9 Å². The van der Waals surface area contributed by atoms with Crippen LogP contribution < -0.4 is 10.4 Å². The summed E-state index contributed by atoms with van der Waals surface area (Å²) in [5, 5.41) is 0. The topological polar surface area (TPSA) is 56.5 Å². The van der Waals surface area contributed by atoms with Gasteiger partial charge in [-0.3, -0.25) is 13.9 Å². The summed E-state index contributed by atoms with van der Waals surface area (Å²) in [7, 11) is 1.65. The van der Waals surface area contributed by atoms with Crippen LogP contribution in [-0.2, 0) is 17.9 Å². The number of imidazole rings is 1. The van der Waals surface area contributed by atoms with Gasteiger partial charge in [0.15, 0.2) is 0 Å². The van der Waals surface area contributed by atoms with E-state index in [-0.39, 0.29) is 24.2 Å². The molecule has 1 aliphatic heterocycles. The van der Waals surface area contributed by atoms with E-state index in [9.17, 15) is 9.59 Å². The second kappa shape index (κ2) is 7.54. The highest BCUT2D eigenvalue weighted by Gasteiger charge is 2.30. The first kappa shape index (κ1) is 18.3. The van der Waals surface area contributed by atoms with E-state index >= 15 is 0 Å². The zero-order chi connectivity index (χ0) is 19.7. The first-order valence-corrected chi connectivity index (χ1v) is 9.75. The Balaban J connectivity index is 1.64. The van der Waals surface area contributed by atoms with Crippen LogP contribution in [0.5, 0.6) is 5.75 Å². The Hall–Kier alpha value is -3.02. The average Bonchev–Trinajstić information content (AvgIpc) is 3.32. The van der Waals surface area contributed by atoms with Crippen LogP contribution in [0.4, 0.5) is 0 Å². The Labute approximate surface area is 163 Å². The Morgan fingerprint density at radius 1 is 1.11 bits per heavy atom. The third-order valence-electron chi connectivity index (χ3n) is 5.59.